The van der Waals surface area contributed by atoms with Crippen LogP contribution in [-0.4, -0.2) is 24.5 Å². The number of benzene rings is 2. The molecule has 206 valence electrons. The molecule has 2 aromatic carbocycles. The first-order valence-corrected chi connectivity index (χ1v) is 14.9. The van der Waals surface area contributed by atoms with Crippen molar-refractivity contribution in [1.29, 1.82) is 0 Å². The van der Waals surface area contributed by atoms with Crippen LogP contribution in [0.15, 0.2) is 48.5 Å². The number of carbonyl (C=O) groups is 1. The van der Waals surface area contributed by atoms with Crippen molar-refractivity contribution in [1.82, 2.24) is 0 Å². The van der Waals surface area contributed by atoms with Crippen LogP contribution < -0.4 is 0 Å². The number of ketones is 1. The van der Waals surface area contributed by atoms with Crippen LogP contribution in [0.3, 0.4) is 0 Å². The Balaban J connectivity index is 0.000000199. The van der Waals surface area contributed by atoms with E-state index in [-0.39, 0.29) is 27.9 Å². The maximum absolute atomic E-state index is 11.9. The smallest absolute Gasteiger partial charge is 0.265 e. The second-order valence-corrected chi connectivity index (χ2v) is 15.1. The van der Waals surface area contributed by atoms with Crippen LogP contribution in [0.1, 0.15) is 96.9 Å². The summed E-state index contributed by atoms with van der Waals surface area (Å²) in [6.45, 7) is 21.5. The van der Waals surface area contributed by atoms with Crippen LogP contribution in [0.5, 0.6) is 0 Å². The fourth-order valence-corrected chi connectivity index (χ4v) is 6.83. The molecule has 2 bridgehead atoms. The Morgan fingerprint density at radius 1 is 0.811 bits per heavy atom. The highest BCUT2D eigenvalue weighted by atomic mass is 32.2. The number of hydrogen-bond donors (Lipinski definition) is 1. The molecule has 0 aliphatic heterocycles. The van der Waals surface area contributed by atoms with E-state index in [1.54, 1.807) is 0 Å². The molecule has 4 rings (SSSR count). The Labute approximate surface area is 226 Å². The van der Waals surface area contributed by atoms with Crippen LogP contribution in [0.4, 0.5) is 0 Å². The normalized spacial score (nSPS) is 22.6. The summed E-state index contributed by atoms with van der Waals surface area (Å²) < 4.78 is 31.0. The summed E-state index contributed by atoms with van der Waals surface area (Å²) in [5, 5.41) is 0. The predicted molar refractivity (Wildman–Crippen MR) is 155 cm³/mol. The second kappa shape index (κ2) is 11.0. The van der Waals surface area contributed by atoms with Gasteiger partial charge < -0.3 is 0 Å². The van der Waals surface area contributed by atoms with Crippen LogP contribution in [0.25, 0.3) is 0 Å². The van der Waals surface area contributed by atoms with Crippen molar-refractivity contribution in [2.45, 2.75) is 99.3 Å². The molecule has 0 spiro atoms. The molecule has 0 heterocycles. The highest BCUT2D eigenvalue weighted by molar-refractivity contribution is 7.85. The Bertz CT molecular complexity index is 1110. The summed E-state index contributed by atoms with van der Waals surface area (Å²) in [5.41, 5.74) is 4.93. The Morgan fingerprint density at radius 3 is 1.43 bits per heavy atom. The highest BCUT2D eigenvalue weighted by Crippen LogP contribution is 2.64. The lowest BCUT2D eigenvalue weighted by Gasteiger charge is -2.35. The maximum Gasteiger partial charge on any atom is 0.265 e. The highest BCUT2D eigenvalue weighted by Gasteiger charge is 2.65. The molecule has 0 amide bonds. The van der Waals surface area contributed by atoms with Crippen LogP contribution in [0, 0.1) is 30.6 Å². The van der Waals surface area contributed by atoms with Crippen molar-refractivity contribution >= 4 is 15.9 Å². The zero-order valence-corrected chi connectivity index (χ0v) is 25.4. The third-order valence-electron chi connectivity index (χ3n) is 8.40. The summed E-state index contributed by atoms with van der Waals surface area (Å²) in [4.78, 5) is 11.9. The molecule has 4 nitrogen and oxygen atoms in total. The Hall–Kier alpha value is -1.98. The van der Waals surface area contributed by atoms with Gasteiger partial charge in [0.05, 0.1) is 11.2 Å². The van der Waals surface area contributed by atoms with Crippen molar-refractivity contribution in [2.75, 3.05) is 5.75 Å². The van der Waals surface area contributed by atoms with Crippen LogP contribution in [-0.2, 0) is 25.7 Å². The molecule has 2 aliphatic carbocycles. The topological polar surface area (TPSA) is 71.4 Å². The average Bonchev–Trinajstić information content (AvgIpc) is 3.07. The van der Waals surface area contributed by atoms with E-state index in [0.29, 0.717) is 12.8 Å². The molecule has 2 aromatic rings. The van der Waals surface area contributed by atoms with Gasteiger partial charge in [-0.3, -0.25) is 9.35 Å². The number of rotatable bonds is 2. The summed E-state index contributed by atoms with van der Waals surface area (Å²) >= 11 is 0. The summed E-state index contributed by atoms with van der Waals surface area (Å²) in [7, 11) is -4.08. The molecule has 1 N–H and O–H groups in total. The van der Waals surface area contributed by atoms with Crippen molar-refractivity contribution in [3.8, 4) is 0 Å². The van der Waals surface area contributed by atoms with E-state index >= 15 is 0 Å². The predicted octanol–water partition coefficient (Wildman–Crippen LogP) is 7.85. The van der Waals surface area contributed by atoms with E-state index in [1.165, 1.54) is 22.3 Å². The quantitative estimate of drug-likeness (QED) is 0.403. The van der Waals surface area contributed by atoms with E-state index in [0.717, 1.165) is 6.42 Å². The minimum absolute atomic E-state index is 0.0152. The lowest BCUT2D eigenvalue weighted by atomic mass is 9.70. The van der Waals surface area contributed by atoms with Crippen LogP contribution >= 0.6 is 0 Å². The van der Waals surface area contributed by atoms with Gasteiger partial charge in [-0.15, -0.1) is 0 Å². The number of Topliss-reactive ketones (excluding diaryl/α,β-unsaturated/α-hetero) is 1. The van der Waals surface area contributed by atoms with E-state index in [1.807, 2.05) is 13.8 Å². The van der Waals surface area contributed by atoms with Gasteiger partial charge in [-0.2, -0.15) is 8.42 Å². The summed E-state index contributed by atoms with van der Waals surface area (Å²) in [5.74, 6) is -0.101. The van der Waals surface area contributed by atoms with Gasteiger partial charge in [0.15, 0.2) is 0 Å². The first-order valence-electron chi connectivity index (χ1n) is 13.3. The molecule has 0 saturated heterocycles. The fraction of sp³-hybridized carbons (Fsp3) is 0.594. The number of fused-ring (bicyclic) bond motifs is 2. The van der Waals surface area contributed by atoms with Gasteiger partial charge in [-0.05, 0) is 60.0 Å². The molecule has 0 aromatic heterocycles. The summed E-state index contributed by atoms with van der Waals surface area (Å²) in [6, 6.07) is 17.5. The minimum atomic E-state index is -4.08. The Morgan fingerprint density at radius 2 is 1.19 bits per heavy atom. The van der Waals surface area contributed by atoms with Gasteiger partial charge in [0.25, 0.3) is 10.1 Å². The Kier molecular flexibility index (Phi) is 9.30. The van der Waals surface area contributed by atoms with Gasteiger partial charge in [0, 0.05) is 6.42 Å². The minimum Gasteiger partial charge on any atom is -0.299 e. The van der Waals surface area contributed by atoms with Crippen molar-refractivity contribution < 1.29 is 17.8 Å². The molecule has 2 fully saturated rings. The van der Waals surface area contributed by atoms with Crippen molar-refractivity contribution in [3.05, 3.63) is 70.8 Å². The first-order chi connectivity index (χ1) is 16.7. The van der Waals surface area contributed by atoms with E-state index in [2.05, 4.69) is 104 Å². The van der Waals surface area contributed by atoms with Gasteiger partial charge in [-0.25, -0.2) is 0 Å². The third kappa shape index (κ3) is 7.77. The molecule has 2 unspecified atom stereocenters. The number of carbonyl (C=O) groups excluding carboxylic acids is 1. The van der Waals surface area contributed by atoms with E-state index in [4.69, 9.17) is 4.55 Å². The lowest BCUT2D eigenvalue weighted by molar-refractivity contribution is -0.128. The second-order valence-electron chi connectivity index (χ2n) is 13.6. The molecular formula is C32H48O4S. The number of hydrogen-bond acceptors (Lipinski definition) is 3. The van der Waals surface area contributed by atoms with Gasteiger partial charge >= 0.3 is 0 Å². The largest absolute Gasteiger partial charge is 0.299 e. The molecule has 5 heteroatoms. The van der Waals surface area contributed by atoms with Crippen molar-refractivity contribution in [2.24, 2.45) is 16.7 Å². The fourth-order valence-electron chi connectivity index (χ4n) is 5.53. The molecule has 37 heavy (non-hydrogen) atoms. The molecule has 2 atom stereocenters. The van der Waals surface area contributed by atoms with E-state index in [9.17, 15) is 13.2 Å². The van der Waals surface area contributed by atoms with Crippen molar-refractivity contribution in [3.63, 3.8) is 0 Å². The molecular weight excluding hydrogens is 480 g/mol. The zero-order chi connectivity index (χ0) is 28.4. The van der Waals surface area contributed by atoms with Crippen LogP contribution in [0.2, 0.25) is 0 Å². The first kappa shape index (κ1) is 31.2. The number of aryl methyl sites for hydroxylation is 2. The average molecular weight is 529 g/mol. The molecule has 2 saturated carbocycles. The molecule has 0 radical (unpaired) electrons. The molecule has 2 aliphatic rings. The third-order valence-corrected chi connectivity index (χ3v) is 9.26. The monoisotopic (exact) mass is 528 g/mol. The van der Waals surface area contributed by atoms with E-state index < -0.39 is 21.3 Å². The maximum atomic E-state index is 11.9. The summed E-state index contributed by atoms with van der Waals surface area (Å²) in [6.07, 6.45) is 1.97. The van der Waals surface area contributed by atoms with Gasteiger partial charge in [0.1, 0.15) is 5.78 Å². The standard InChI is InChI=1S/2C11H16.C10H16O4S/c2*1-9-5-7-10(8-6-9)11(2,3)4;1-9(2)7-3-4-10(9,8(11)5-7)6-15(12,13)14/h2*5-8H,1-4H3;7H,3-6H2,1-2H3,(H,12,13,14). The van der Waals surface area contributed by atoms with Gasteiger partial charge in [-0.1, -0.05) is 115 Å². The zero-order valence-electron chi connectivity index (χ0n) is 24.6. The van der Waals surface area contributed by atoms with Gasteiger partial charge in [0.2, 0.25) is 0 Å². The lowest BCUT2D eigenvalue weighted by Crippen LogP contribution is -2.42. The SMILES string of the molecule is CC1(C)C2CCC1(CS(=O)(=O)O)C(=O)C2.Cc1ccc(C(C)(C)C)cc1.Cc1ccc(C(C)(C)C)cc1.